The van der Waals surface area contributed by atoms with Crippen molar-refractivity contribution < 1.29 is 18.9 Å². The van der Waals surface area contributed by atoms with Crippen LogP contribution < -0.4 is 15.5 Å². The van der Waals surface area contributed by atoms with Crippen molar-refractivity contribution in [2.24, 2.45) is 5.92 Å². The van der Waals surface area contributed by atoms with Crippen molar-refractivity contribution in [1.29, 1.82) is 0 Å². The molecule has 10 nitrogen and oxygen atoms in total. The van der Waals surface area contributed by atoms with Crippen LogP contribution in [0.2, 0.25) is 0 Å². The number of carbonyl (C=O) groups is 2. The third kappa shape index (κ3) is 6.31. The van der Waals surface area contributed by atoms with E-state index < -0.39 is 10.8 Å². The average molecular weight is 522 g/mol. The molecule has 1 aliphatic rings. The van der Waals surface area contributed by atoms with Gasteiger partial charge >= 0.3 is 0 Å². The number of nitro groups is 1. The van der Waals surface area contributed by atoms with Gasteiger partial charge in [-0.1, -0.05) is 26.0 Å². The molecule has 4 rings (SSSR count). The first-order chi connectivity index (χ1) is 17.7. The second-order valence-electron chi connectivity index (χ2n) is 8.89. The SMILES string of the molecule is CC(C)C(=O)N1CCN(c2ccc(NC(=S)NC(=O)c3ccc(-c4cccc([N+](=O)[O-])c4)o3)cc2)CC1. The van der Waals surface area contributed by atoms with Gasteiger partial charge in [0.1, 0.15) is 5.76 Å². The topological polar surface area (TPSA) is 121 Å². The van der Waals surface area contributed by atoms with Crippen molar-refractivity contribution in [3.05, 3.63) is 76.5 Å². The molecule has 0 radical (unpaired) electrons. The van der Waals surface area contributed by atoms with E-state index in [1.807, 2.05) is 43.0 Å². The van der Waals surface area contributed by atoms with Gasteiger partial charge in [0, 0.05) is 61.2 Å². The van der Waals surface area contributed by atoms with Gasteiger partial charge < -0.3 is 19.5 Å². The summed E-state index contributed by atoms with van der Waals surface area (Å²) in [6.07, 6.45) is 0. The van der Waals surface area contributed by atoms with E-state index in [1.165, 1.54) is 18.2 Å². The lowest BCUT2D eigenvalue weighted by atomic mass is 10.1. The van der Waals surface area contributed by atoms with Gasteiger partial charge in [0.15, 0.2) is 10.9 Å². The zero-order valence-electron chi connectivity index (χ0n) is 20.5. The molecule has 1 aromatic heterocycles. The van der Waals surface area contributed by atoms with Crippen LogP contribution >= 0.6 is 12.2 Å². The Balaban J connectivity index is 1.30. The molecule has 37 heavy (non-hydrogen) atoms. The lowest BCUT2D eigenvalue weighted by molar-refractivity contribution is -0.384. The van der Waals surface area contributed by atoms with Gasteiger partial charge in [0.25, 0.3) is 11.6 Å². The molecule has 1 saturated heterocycles. The van der Waals surface area contributed by atoms with Gasteiger partial charge in [-0.15, -0.1) is 0 Å². The summed E-state index contributed by atoms with van der Waals surface area (Å²) in [6.45, 7) is 6.76. The number of benzene rings is 2. The Morgan fingerprint density at radius 1 is 1.03 bits per heavy atom. The van der Waals surface area contributed by atoms with Crippen molar-refractivity contribution in [2.75, 3.05) is 36.4 Å². The summed E-state index contributed by atoms with van der Waals surface area (Å²) >= 11 is 5.27. The first kappa shape index (κ1) is 25.8. The molecule has 192 valence electrons. The predicted molar refractivity (Wildman–Crippen MR) is 145 cm³/mol. The molecule has 0 spiro atoms. The van der Waals surface area contributed by atoms with Crippen LogP contribution in [0.4, 0.5) is 17.1 Å². The van der Waals surface area contributed by atoms with Gasteiger partial charge in [-0.2, -0.15) is 0 Å². The van der Waals surface area contributed by atoms with E-state index in [0.29, 0.717) is 30.1 Å². The zero-order chi connectivity index (χ0) is 26.5. The van der Waals surface area contributed by atoms with Crippen molar-refractivity contribution in [1.82, 2.24) is 10.2 Å². The van der Waals surface area contributed by atoms with Gasteiger partial charge in [-0.3, -0.25) is 25.0 Å². The molecule has 1 aliphatic heterocycles. The van der Waals surface area contributed by atoms with E-state index in [4.69, 9.17) is 16.6 Å². The summed E-state index contributed by atoms with van der Waals surface area (Å²) in [7, 11) is 0. The number of carbonyl (C=O) groups excluding carboxylic acids is 2. The Kier molecular flexibility index (Phi) is 7.83. The summed E-state index contributed by atoms with van der Waals surface area (Å²) in [4.78, 5) is 39.4. The molecule has 11 heteroatoms. The summed E-state index contributed by atoms with van der Waals surface area (Å²) < 4.78 is 5.58. The molecule has 0 atom stereocenters. The number of piperazine rings is 1. The molecular weight excluding hydrogens is 494 g/mol. The second kappa shape index (κ2) is 11.2. The number of hydrogen-bond donors (Lipinski definition) is 2. The lowest BCUT2D eigenvalue weighted by Gasteiger charge is -2.37. The molecule has 0 aliphatic carbocycles. The number of furan rings is 1. The molecule has 2 aromatic carbocycles. The van der Waals surface area contributed by atoms with Crippen molar-refractivity contribution in [2.45, 2.75) is 13.8 Å². The molecule has 0 unspecified atom stereocenters. The van der Waals surface area contributed by atoms with Crippen molar-refractivity contribution in [3.63, 3.8) is 0 Å². The number of rotatable bonds is 6. The quantitative estimate of drug-likeness (QED) is 0.280. The van der Waals surface area contributed by atoms with Crippen LogP contribution in [0.1, 0.15) is 24.4 Å². The third-order valence-electron chi connectivity index (χ3n) is 5.97. The Labute approximate surface area is 219 Å². The highest BCUT2D eigenvalue weighted by molar-refractivity contribution is 7.80. The summed E-state index contributed by atoms with van der Waals surface area (Å²) in [5, 5.41) is 16.7. The van der Waals surface area contributed by atoms with Crippen LogP contribution in [0.5, 0.6) is 0 Å². The van der Waals surface area contributed by atoms with Crippen LogP contribution in [-0.2, 0) is 4.79 Å². The fourth-order valence-corrected chi connectivity index (χ4v) is 4.23. The van der Waals surface area contributed by atoms with E-state index in [9.17, 15) is 19.7 Å². The number of nitrogens with one attached hydrogen (secondary N) is 2. The maximum atomic E-state index is 12.6. The van der Waals surface area contributed by atoms with E-state index in [-0.39, 0.29) is 28.4 Å². The minimum Gasteiger partial charge on any atom is -0.451 e. The summed E-state index contributed by atoms with van der Waals surface area (Å²) in [6, 6.07) is 16.7. The molecule has 3 aromatic rings. The average Bonchev–Trinajstić information content (AvgIpc) is 3.39. The highest BCUT2D eigenvalue weighted by atomic mass is 32.1. The van der Waals surface area contributed by atoms with Gasteiger partial charge in [0.05, 0.1) is 4.92 Å². The standard InChI is InChI=1S/C26H27N5O5S/c1-17(2)25(33)30-14-12-29(13-15-30)20-8-6-19(7-9-20)27-26(37)28-24(32)23-11-10-22(36-23)18-4-3-5-21(16-18)31(34)35/h3-11,16-17H,12-15H2,1-2H3,(H2,27,28,32,37). The summed E-state index contributed by atoms with van der Waals surface area (Å²) in [5.41, 5.74) is 2.17. The van der Waals surface area contributed by atoms with Crippen molar-refractivity contribution in [3.8, 4) is 11.3 Å². The lowest BCUT2D eigenvalue weighted by Crippen LogP contribution is -2.49. The van der Waals surface area contributed by atoms with Crippen LogP contribution in [0.3, 0.4) is 0 Å². The Hall–Kier alpha value is -4.25. The number of non-ortho nitro benzene ring substituents is 1. The molecule has 2 amide bonds. The van der Waals surface area contributed by atoms with Crippen LogP contribution in [0.15, 0.2) is 65.1 Å². The highest BCUT2D eigenvalue weighted by Gasteiger charge is 2.23. The number of nitro benzene ring substituents is 1. The van der Waals surface area contributed by atoms with E-state index in [2.05, 4.69) is 15.5 Å². The van der Waals surface area contributed by atoms with E-state index in [0.717, 1.165) is 18.8 Å². The van der Waals surface area contributed by atoms with E-state index >= 15 is 0 Å². The van der Waals surface area contributed by atoms with Crippen LogP contribution in [0.25, 0.3) is 11.3 Å². The number of thiocarbonyl (C=S) groups is 1. The largest absolute Gasteiger partial charge is 0.451 e. The maximum absolute atomic E-state index is 12.6. The highest BCUT2D eigenvalue weighted by Crippen LogP contribution is 2.26. The molecule has 0 bridgehead atoms. The first-order valence-corrected chi connectivity index (χ1v) is 12.2. The Bertz CT molecular complexity index is 1310. The van der Waals surface area contributed by atoms with Crippen LogP contribution in [-0.4, -0.2) is 52.9 Å². The maximum Gasteiger partial charge on any atom is 0.293 e. The third-order valence-corrected chi connectivity index (χ3v) is 6.18. The number of amides is 2. The molecule has 2 heterocycles. The Morgan fingerprint density at radius 2 is 1.73 bits per heavy atom. The van der Waals surface area contributed by atoms with Gasteiger partial charge in [0.2, 0.25) is 5.91 Å². The minimum atomic E-state index is -0.542. The Morgan fingerprint density at radius 3 is 2.38 bits per heavy atom. The molecular formula is C26H27N5O5S. The fourth-order valence-electron chi connectivity index (χ4n) is 4.02. The normalized spacial score (nSPS) is 13.4. The van der Waals surface area contributed by atoms with Crippen LogP contribution in [0, 0.1) is 16.0 Å². The zero-order valence-corrected chi connectivity index (χ0v) is 21.3. The predicted octanol–water partition coefficient (Wildman–Crippen LogP) is 4.29. The number of hydrogen-bond acceptors (Lipinski definition) is 7. The summed E-state index contributed by atoms with van der Waals surface area (Å²) in [5.74, 6) is 0.00178. The van der Waals surface area contributed by atoms with Gasteiger partial charge in [-0.05, 0) is 48.6 Å². The monoisotopic (exact) mass is 521 g/mol. The van der Waals surface area contributed by atoms with Crippen molar-refractivity contribution >= 4 is 46.2 Å². The van der Waals surface area contributed by atoms with E-state index in [1.54, 1.807) is 18.2 Å². The number of anilines is 2. The fraction of sp³-hybridized carbons (Fsp3) is 0.269. The van der Waals surface area contributed by atoms with Gasteiger partial charge in [-0.25, -0.2) is 0 Å². The smallest absolute Gasteiger partial charge is 0.293 e. The molecule has 2 N–H and O–H groups in total. The molecule has 1 fully saturated rings. The second-order valence-corrected chi connectivity index (χ2v) is 9.30. The first-order valence-electron chi connectivity index (χ1n) is 11.8. The molecule has 0 saturated carbocycles. The number of nitrogens with zero attached hydrogens (tertiary/aromatic N) is 3. The minimum absolute atomic E-state index is 0.00362.